The fourth-order valence-corrected chi connectivity index (χ4v) is 1.62. The second kappa shape index (κ2) is 4.80. The molecule has 1 heterocycles. The molecule has 1 fully saturated rings. The predicted octanol–water partition coefficient (Wildman–Crippen LogP) is 0.0510. The number of hydrogen-bond acceptors (Lipinski definition) is 3. The zero-order valence-electron chi connectivity index (χ0n) is 8.08. The minimum Gasteiger partial charge on any atom is -0.395 e. The summed E-state index contributed by atoms with van der Waals surface area (Å²) >= 11 is 0. The molecule has 0 bridgehead atoms. The number of aliphatic hydroxyl groups excluding tert-OH is 1. The van der Waals surface area contributed by atoms with E-state index in [0.717, 1.165) is 19.6 Å². The molecule has 0 aromatic carbocycles. The Kier molecular flexibility index (Phi) is 3.98. The van der Waals surface area contributed by atoms with Crippen molar-refractivity contribution in [3.63, 3.8) is 0 Å². The van der Waals surface area contributed by atoms with E-state index in [1.807, 2.05) is 0 Å². The minimum absolute atomic E-state index is 0.253. The van der Waals surface area contributed by atoms with Crippen LogP contribution in [0.1, 0.15) is 20.3 Å². The molecule has 1 saturated heterocycles. The Hall–Kier alpha value is -0.120. The topological polar surface area (TPSA) is 35.5 Å². The van der Waals surface area contributed by atoms with E-state index in [1.165, 1.54) is 6.42 Å². The first-order valence-electron chi connectivity index (χ1n) is 4.82. The molecule has 0 saturated carbocycles. The summed E-state index contributed by atoms with van der Waals surface area (Å²) in [6.45, 7) is 7.84. The summed E-state index contributed by atoms with van der Waals surface area (Å²) in [6.07, 6.45) is 1.19. The van der Waals surface area contributed by atoms with Gasteiger partial charge in [0.1, 0.15) is 0 Å². The minimum atomic E-state index is 0.253. The molecule has 12 heavy (non-hydrogen) atoms. The maximum absolute atomic E-state index is 9.03. The van der Waals surface area contributed by atoms with Crippen molar-refractivity contribution in [2.75, 3.05) is 26.2 Å². The molecular weight excluding hydrogens is 152 g/mol. The Morgan fingerprint density at radius 3 is 2.92 bits per heavy atom. The van der Waals surface area contributed by atoms with Crippen LogP contribution in [0.2, 0.25) is 0 Å². The van der Waals surface area contributed by atoms with E-state index in [9.17, 15) is 0 Å². The SMILES string of the molecule is CC(C)N1CCCNC(CO)C1. The zero-order valence-corrected chi connectivity index (χ0v) is 8.08. The van der Waals surface area contributed by atoms with Gasteiger partial charge in [-0.25, -0.2) is 0 Å². The van der Waals surface area contributed by atoms with Crippen molar-refractivity contribution in [1.82, 2.24) is 10.2 Å². The average Bonchev–Trinajstić information content (AvgIpc) is 2.28. The number of hydrogen-bond donors (Lipinski definition) is 2. The fourth-order valence-electron chi connectivity index (χ4n) is 1.62. The molecule has 0 aliphatic carbocycles. The summed E-state index contributed by atoms with van der Waals surface area (Å²) in [5, 5.41) is 12.4. The van der Waals surface area contributed by atoms with Crippen molar-refractivity contribution >= 4 is 0 Å². The van der Waals surface area contributed by atoms with Gasteiger partial charge < -0.3 is 10.4 Å². The van der Waals surface area contributed by atoms with Crippen LogP contribution in [0.3, 0.4) is 0 Å². The summed E-state index contributed by atoms with van der Waals surface area (Å²) in [6, 6.07) is 0.869. The molecule has 0 amide bonds. The first-order valence-corrected chi connectivity index (χ1v) is 4.82. The van der Waals surface area contributed by atoms with Crippen LogP contribution >= 0.6 is 0 Å². The molecule has 72 valence electrons. The van der Waals surface area contributed by atoms with Gasteiger partial charge in [-0.15, -0.1) is 0 Å². The standard InChI is InChI=1S/C9H20N2O/c1-8(2)11-5-3-4-10-9(6-11)7-12/h8-10,12H,3-7H2,1-2H3. The Balaban J connectivity index is 2.42. The van der Waals surface area contributed by atoms with Crippen molar-refractivity contribution in [3.8, 4) is 0 Å². The lowest BCUT2D eigenvalue weighted by atomic mass is 10.2. The van der Waals surface area contributed by atoms with E-state index in [1.54, 1.807) is 0 Å². The van der Waals surface area contributed by atoms with Gasteiger partial charge in [-0.2, -0.15) is 0 Å². The van der Waals surface area contributed by atoms with Crippen molar-refractivity contribution in [2.45, 2.75) is 32.4 Å². The van der Waals surface area contributed by atoms with Crippen LogP contribution in [0.5, 0.6) is 0 Å². The van der Waals surface area contributed by atoms with Crippen molar-refractivity contribution in [3.05, 3.63) is 0 Å². The lowest BCUT2D eigenvalue weighted by molar-refractivity contribution is 0.177. The first-order chi connectivity index (χ1) is 5.74. The molecule has 1 aliphatic heterocycles. The molecule has 0 aromatic heterocycles. The molecule has 1 aliphatic rings. The lowest BCUT2D eigenvalue weighted by Crippen LogP contribution is -2.42. The third kappa shape index (κ3) is 2.73. The Labute approximate surface area is 74.8 Å². The van der Waals surface area contributed by atoms with Crippen LogP contribution in [0.4, 0.5) is 0 Å². The molecule has 0 spiro atoms. The van der Waals surface area contributed by atoms with E-state index in [2.05, 4.69) is 24.1 Å². The van der Waals surface area contributed by atoms with Gasteiger partial charge in [0.25, 0.3) is 0 Å². The number of nitrogens with zero attached hydrogens (tertiary/aromatic N) is 1. The highest BCUT2D eigenvalue weighted by Gasteiger charge is 2.18. The van der Waals surface area contributed by atoms with Crippen LogP contribution in [0.15, 0.2) is 0 Å². The van der Waals surface area contributed by atoms with Crippen LogP contribution < -0.4 is 5.32 Å². The highest BCUT2D eigenvalue weighted by atomic mass is 16.3. The molecule has 3 heteroatoms. The molecule has 0 aromatic rings. The maximum Gasteiger partial charge on any atom is 0.0597 e. The van der Waals surface area contributed by atoms with Crippen LogP contribution in [-0.4, -0.2) is 48.3 Å². The quantitative estimate of drug-likeness (QED) is 0.618. The van der Waals surface area contributed by atoms with Crippen molar-refractivity contribution in [1.29, 1.82) is 0 Å². The Morgan fingerprint density at radius 2 is 2.33 bits per heavy atom. The molecule has 1 atom stereocenters. The Morgan fingerprint density at radius 1 is 1.58 bits per heavy atom. The number of rotatable bonds is 2. The van der Waals surface area contributed by atoms with Gasteiger partial charge in [0.15, 0.2) is 0 Å². The molecule has 1 rings (SSSR count). The summed E-state index contributed by atoms with van der Waals surface area (Å²) in [4.78, 5) is 2.42. The van der Waals surface area contributed by atoms with Gasteiger partial charge in [-0.05, 0) is 33.4 Å². The third-order valence-corrected chi connectivity index (χ3v) is 2.46. The van der Waals surface area contributed by atoms with E-state index in [-0.39, 0.29) is 12.6 Å². The highest BCUT2D eigenvalue weighted by Crippen LogP contribution is 2.04. The monoisotopic (exact) mass is 172 g/mol. The number of aliphatic hydroxyl groups is 1. The lowest BCUT2D eigenvalue weighted by Gasteiger charge is -2.26. The Bertz CT molecular complexity index is 128. The van der Waals surface area contributed by atoms with E-state index >= 15 is 0 Å². The summed E-state index contributed by atoms with van der Waals surface area (Å²) in [7, 11) is 0. The predicted molar refractivity (Wildman–Crippen MR) is 50.2 cm³/mol. The van der Waals surface area contributed by atoms with Gasteiger partial charge in [0.05, 0.1) is 6.61 Å². The van der Waals surface area contributed by atoms with Gasteiger partial charge in [-0.1, -0.05) is 0 Å². The normalized spacial score (nSPS) is 27.5. The van der Waals surface area contributed by atoms with Crippen molar-refractivity contribution in [2.24, 2.45) is 0 Å². The summed E-state index contributed by atoms with van der Waals surface area (Å²) in [5.74, 6) is 0. The fraction of sp³-hybridized carbons (Fsp3) is 1.00. The van der Waals surface area contributed by atoms with Crippen LogP contribution in [-0.2, 0) is 0 Å². The summed E-state index contributed by atoms with van der Waals surface area (Å²) in [5.41, 5.74) is 0. The molecular formula is C9H20N2O. The number of nitrogens with one attached hydrogen (secondary N) is 1. The van der Waals surface area contributed by atoms with Gasteiger partial charge in [-0.3, -0.25) is 4.90 Å². The second-order valence-corrected chi connectivity index (χ2v) is 3.78. The third-order valence-electron chi connectivity index (χ3n) is 2.46. The van der Waals surface area contributed by atoms with Gasteiger partial charge >= 0.3 is 0 Å². The summed E-state index contributed by atoms with van der Waals surface area (Å²) < 4.78 is 0. The van der Waals surface area contributed by atoms with E-state index < -0.39 is 0 Å². The molecule has 2 N–H and O–H groups in total. The largest absolute Gasteiger partial charge is 0.395 e. The second-order valence-electron chi connectivity index (χ2n) is 3.78. The van der Waals surface area contributed by atoms with Crippen LogP contribution in [0.25, 0.3) is 0 Å². The molecule has 1 unspecified atom stereocenters. The van der Waals surface area contributed by atoms with Gasteiger partial charge in [0, 0.05) is 18.6 Å². The highest BCUT2D eigenvalue weighted by molar-refractivity contribution is 4.77. The van der Waals surface area contributed by atoms with Crippen molar-refractivity contribution < 1.29 is 5.11 Å². The average molecular weight is 172 g/mol. The van der Waals surface area contributed by atoms with E-state index in [0.29, 0.717) is 6.04 Å². The maximum atomic E-state index is 9.03. The molecule has 0 radical (unpaired) electrons. The molecule has 3 nitrogen and oxygen atoms in total. The van der Waals surface area contributed by atoms with E-state index in [4.69, 9.17) is 5.11 Å². The van der Waals surface area contributed by atoms with Crippen LogP contribution in [0, 0.1) is 0 Å². The van der Waals surface area contributed by atoms with Gasteiger partial charge in [0.2, 0.25) is 0 Å². The smallest absolute Gasteiger partial charge is 0.0597 e. The first kappa shape index (κ1) is 9.96. The zero-order chi connectivity index (χ0) is 8.97.